The van der Waals surface area contributed by atoms with Crippen LogP contribution in [0.2, 0.25) is 0 Å². The number of carboxylic acid groups (broad SMARTS) is 1. The van der Waals surface area contributed by atoms with Gasteiger partial charge in [0.25, 0.3) is 0 Å². The Hall–Kier alpha value is -2.89. The van der Waals surface area contributed by atoms with Crippen molar-refractivity contribution in [2.24, 2.45) is 0 Å². The SMILES string of the molecule is CCOc1ccccc1OCCOc1cc(OC)ccc1CCC(=O)O. The maximum absolute atomic E-state index is 10.8. The van der Waals surface area contributed by atoms with E-state index in [1.807, 2.05) is 37.3 Å². The zero-order valence-corrected chi connectivity index (χ0v) is 15.1. The lowest BCUT2D eigenvalue weighted by atomic mass is 10.1. The lowest BCUT2D eigenvalue weighted by Gasteiger charge is -2.14. The predicted molar refractivity (Wildman–Crippen MR) is 97.6 cm³/mol. The quantitative estimate of drug-likeness (QED) is 0.618. The van der Waals surface area contributed by atoms with E-state index in [0.29, 0.717) is 49.2 Å². The van der Waals surface area contributed by atoms with E-state index < -0.39 is 5.97 Å². The molecule has 0 aliphatic rings. The van der Waals surface area contributed by atoms with Crippen molar-refractivity contribution in [3.63, 3.8) is 0 Å². The van der Waals surface area contributed by atoms with Gasteiger partial charge in [-0.15, -0.1) is 0 Å². The van der Waals surface area contributed by atoms with Crippen LogP contribution in [0.15, 0.2) is 42.5 Å². The fourth-order valence-corrected chi connectivity index (χ4v) is 2.39. The number of hydrogen-bond donors (Lipinski definition) is 1. The third-order valence-corrected chi connectivity index (χ3v) is 3.63. The molecule has 0 fully saturated rings. The molecule has 0 heterocycles. The molecule has 0 aliphatic heterocycles. The number of methoxy groups -OCH3 is 1. The smallest absolute Gasteiger partial charge is 0.303 e. The highest BCUT2D eigenvalue weighted by Gasteiger charge is 2.09. The van der Waals surface area contributed by atoms with Crippen LogP contribution in [0.3, 0.4) is 0 Å². The molecule has 1 N–H and O–H groups in total. The Labute approximate surface area is 153 Å². The summed E-state index contributed by atoms with van der Waals surface area (Å²) >= 11 is 0. The van der Waals surface area contributed by atoms with Gasteiger partial charge in [0.05, 0.1) is 13.7 Å². The van der Waals surface area contributed by atoms with Gasteiger partial charge in [-0.05, 0) is 37.1 Å². The summed E-state index contributed by atoms with van der Waals surface area (Å²) < 4.78 is 22.3. The van der Waals surface area contributed by atoms with Crippen molar-refractivity contribution in [1.82, 2.24) is 0 Å². The average Bonchev–Trinajstić information content (AvgIpc) is 2.65. The summed E-state index contributed by atoms with van der Waals surface area (Å²) in [5.41, 5.74) is 0.822. The Morgan fingerprint density at radius 3 is 2.23 bits per heavy atom. The molecule has 0 unspecified atom stereocenters. The molecule has 140 valence electrons. The molecule has 0 spiro atoms. The van der Waals surface area contributed by atoms with Crippen molar-refractivity contribution in [3.8, 4) is 23.0 Å². The molecule has 0 radical (unpaired) electrons. The van der Waals surface area contributed by atoms with Crippen molar-refractivity contribution >= 4 is 5.97 Å². The van der Waals surface area contributed by atoms with Gasteiger partial charge in [-0.25, -0.2) is 0 Å². The third kappa shape index (κ3) is 5.88. The second-order valence-electron chi connectivity index (χ2n) is 5.44. The largest absolute Gasteiger partial charge is 0.497 e. The van der Waals surface area contributed by atoms with Crippen LogP contribution in [0.4, 0.5) is 0 Å². The van der Waals surface area contributed by atoms with Crippen molar-refractivity contribution < 1.29 is 28.8 Å². The number of ether oxygens (including phenoxy) is 4. The summed E-state index contributed by atoms with van der Waals surface area (Å²) in [6, 6.07) is 12.8. The average molecular weight is 360 g/mol. The molecule has 6 nitrogen and oxygen atoms in total. The molecule has 0 atom stereocenters. The van der Waals surface area contributed by atoms with Gasteiger partial charge in [-0.3, -0.25) is 4.79 Å². The van der Waals surface area contributed by atoms with Gasteiger partial charge in [-0.2, -0.15) is 0 Å². The van der Waals surface area contributed by atoms with Crippen LogP contribution < -0.4 is 18.9 Å². The fourth-order valence-electron chi connectivity index (χ4n) is 2.39. The van der Waals surface area contributed by atoms with Gasteiger partial charge >= 0.3 is 5.97 Å². The Morgan fingerprint density at radius 1 is 0.962 bits per heavy atom. The third-order valence-electron chi connectivity index (χ3n) is 3.63. The standard InChI is InChI=1S/C20H24O6/c1-3-24-17-6-4-5-7-18(17)25-12-13-26-19-14-16(23-2)10-8-15(19)9-11-20(21)22/h4-8,10,14H,3,9,11-13H2,1-2H3,(H,21,22). The zero-order chi connectivity index (χ0) is 18.8. The van der Waals surface area contributed by atoms with E-state index in [2.05, 4.69) is 0 Å². The Bertz CT molecular complexity index is 713. The van der Waals surface area contributed by atoms with Crippen LogP contribution in [-0.2, 0) is 11.2 Å². The molecular formula is C20H24O6. The highest BCUT2D eigenvalue weighted by Crippen LogP contribution is 2.27. The zero-order valence-electron chi connectivity index (χ0n) is 15.1. The van der Waals surface area contributed by atoms with E-state index in [1.54, 1.807) is 19.2 Å². The van der Waals surface area contributed by atoms with Gasteiger partial charge in [0, 0.05) is 12.5 Å². The van der Waals surface area contributed by atoms with Gasteiger partial charge in [0.2, 0.25) is 0 Å². The lowest BCUT2D eigenvalue weighted by molar-refractivity contribution is -0.136. The molecule has 26 heavy (non-hydrogen) atoms. The molecular weight excluding hydrogens is 336 g/mol. The number of carboxylic acids is 1. The van der Waals surface area contributed by atoms with E-state index in [0.717, 1.165) is 5.56 Å². The van der Waals surface area contributed by atoms with E-state index in [-0.39, 0.29) is 6.42 Å². The van der Waals surface area contributed by atoms with Crippen molar-refractivity contribution in [1.29, 1.82) is 0 Å². The highest BCUT2D eigenvalue weighted by atomic mass is 16.5. The van der Waals surface area contributed by atoms with Crippen LogP contribution >= 0.6 is 0 Å². The topological polar surface area (TPSA) is 74.2 Å². The van der Waals surface area contributed by atoms with Crippen LogP contribution in [0.1, 0.15) is 18.9 Å². The summed E-state index contributed by atoms with van der Waals surface area (Å²) in [5, 5.41) is 8.88. The number of rotatable bonds is 11. The molecule has 0 amide bonds. The van der Waals surface area contributed by atoms with E-state index >= 15 is 0 Å². The number of carbonyl (C=O) groups is 1. The lowest BCUT2D eigenvalue weighted by Crippen LogP contribution is -2.11. The number of aryl methyl sites for hydroxylation is 1. The van der Waals surface area contributed by atoms with E-state index in [1.165, 1.54) is 0 Å². The monoisotopic (exact) mass is 360 g/mol. The maximum atomic E-state index is 10.8. The number of para-hydroxylation sites is 2. The minimum absolute atomic E-state index is 0.0426. The van der Waals surface area contributed by atoms with Crippen molar-refractivity contribution in [2.75, 3.05) is 26.9 Å². The van der Waals surface area contributed by atoms with Gasteiger partial charge < -0.3 is 24.1 Å². The van der Waals surface area contributed by atoms with Crippen LogP contribution in [-0.4, -0.2) is 38.0 Å². The summed E-state index contributed by atoms with van der Waals surface area (Å²) in [6.07, 6.45) is 0.434. The summed E-state index contributed by atoms with van der Waals surface area (Å²) in [7, 11) is 1.57. The summed E-state index contributed by atoms with van der Waals surface area (Å²) in [4.78, 5) is 10.8. The normalized spacial score (nSPS) is 10.2. The van der Waals surface area contributed by atoms with Gasteiger partial charge in [-0.1, -0.05) is 18.2 Å². The van der Waals surface area contributed by atoms with Crippen LogP contribution in [0.5, 0.6) is 23.0 Å². The first-order valence-electron chi connectivity index (χ1n) is 8.50. The summed E-state index contributed by atoms with van der Waals surface area (Å²) in [6.45, 7) is 3.13. The second-order valence-corrected chi connectivity index (χ2v) is 5.44. The molecule has 0 aromatic heterocycles. The Balaban J connectivity index is 1.95. The molecule has 0 saturated carbocycles. The van der Waals surface area contributed by atoms with E-state index in [4.69, 9.17) is 24.1 Å². The molecule has 6 heteroatoms. The molecule has 2 aromatic carbocycles. The first-order chi connectivity index (χ1) is 12.6. The van der Waals surface area contributed by atoms with Crippen molar-refractivity contribution in [2.45, 2.75) is 19.8 Å². The summed E-state index contributed by atoms with van der Waals surface area (Å²) in [5.74, 6) is 1.77. The van der Waals surface area contributed by atoms with Crippen LogP contribution in [0.25, 0.3) is 0 Å². The molecule has 2 aromatic rings. The number of benzene rings is 2. The fraction of sp³-hybridized carbons (Fsp3) is 0.350. The second kappa shape index (κ2) is 10.2. The number of aliphatic carboxylic acids is 1. The maximum Gasteiger partial charge on any atom is 0.303 e. The first kappa shape index (κ1) is 19.4. The van der Waals surface area contributed by atoms with E-state index in [9.17, 15) is 4.79 Å². The number of hydrogen-bond acceptors (Lipinski definition) is 5. The highest BCUT2D eigenvalue weighted by molar-refractivity contribution is 5.67. The molecule has 0 saturated heterocycles. The molecule has 0 aliphatic carbocycles. The Kier molecular flexibility index (Phi) is 7.61. The van der Waals surface area contributed by atoms with Gasteiger partial charge in [0.1, 0.15) is 24.7 Å². The Morgan fingerprint density at radius 2 is 1.62 bits per heavy atom. The molecule has 2 rings (SSSR count). The minimum Gasteiger partial charge on any atom is -0.497 e. The van der Waals surface area contributed by atoms with Crippen molar-refractivity contribution in [3.05, 3.63) is 48.0 Å². The molecule has 0 bridgehead atoms. The minimum atomic E-state index is -0.845. The van der Waals surface area contributed by atoms with Gasteiger partial charge in [0.15, 0.2) is 11.5 Å². The predicted octanol–water partition coefficient (Wildman–Crippen LogP) is 3.57. The van der Waals surface area contributed by atoms with Crippen LogP contribution in [0, 0.1) is 0 Å². The first-order valence-corrected chi connectivity index (χ1v) is 8.50.